The van der Waals surface area contributed by atoms with Crippen molar-refractivity contribution in [1.29, 1.82) is 0 Å². The van der Waals surface area contributed by atoms with Crippen LogP contribution >= 0.6 is 0 Å². The molecule has 1 aromatic carbocycles. The van der Waals surface area contributed by atoms with Crippen LogP contribution in [-0.4, -0.2) is 30.6 Å². The summed E-state index contributed by atoms with van der Waals surface area (Å²) in [6.07, 6.45) is 0. The Kier molecular flexibility index (Phi) is 3.76. The van der Waals surface area contributed by atoms with Gasteiger partial charge in [0.2, 0.25) is 0 Å². The molecule has 102 valence electrons. The Hall–Kier alpha value is -2.01. The predicted molar refractivity (Wildman–Crippen MR) is 75.6 cm³/mol. The van der Waals surface area contributed by atoms with Crippen LogP contribution in [0, 0.1) is 6.92 Å². The Labute approximate surface area is 112 Å². The van der Waals surface area contributed by atoms with E-state index >= 15 is 0 Å². The summed E-state index contributed by atoms with van der Waals surface area (Å²) >= 11 is 0. The van der Waals surface area contributed by atoms with Gasteiger partial charge in [-0.2, -0.15) is 0 Å². The molecule has 0 radical (unpaired) electrons. The van der Waals surface area contributed by atoms with Gasteiger partial charge in [-0.1, -0.05) is 6.07 Å². The molecule has 1 unspecified atom stereocenters. The van der Waals surface area contributed by atoms with E-state index in [1.807, 2.05) is 32.0 Å². The van der Waals surface area contributed by atoms with Crippen LogP contribution in [0.3, 0.4) is 0 Å². The molecule has 4 N–H and O–H groups in total. The van der Waals surface area contributed by atoms with Crippen LogP contribution in [0.25, 0.3) is 10.9 Å². The molecule has 0 saturated heterocycles. The lowest BCUT2D eigenvalue weighted by Crippen LogP contribution is -2.35. The largest absolute Gasteiger partial charge is 0.496 e. The number of aromatic nitrogens is 1. The van der Waals surface area contributed by atoms with Gasteiger partial charge >= 0.3 is 0 Å². The smallest absolute Gasteiger partial charge is 0.253 e. The number of benzene rings is 1. The normalized spacial score (nSPS) is 12.4. The Morgan fingerprint density at radius 2 is 2.26 bits per heavy atom. The molecule has 5 nitrogen and oxygen atoms in total. The van der Waals surface area contributed by atoms with Crippen molar-refractivity contribution in [2.45, 2.75) is 19.9 Å². The van der Waals surface area contributed by atoms with Crippen LogP contribution in [0.2, 0.25) is 0 Å². The first-order chi connectivity index (χ1) is 9.04. The maximum absolute atomic E-state index is 12.3. The van der Waals surface area contributed by atoms with Crippen molar-refractivity contribution in [3.8, 4) is 5.75 Å². The molecule has 0 fully saturated rings. The number of rotatable bonds is 4. The molecule has 0 bridgehead atoms. The molecule has 1 atom stereocenters. The zero-order valence-electron chi connectivity index (χ0n) is 11.4. The molecular formula is C14H19N3O2. The van der Waals surface area contributed by atoms with Gasteiger partial charge in [-0.15, -0.1) is 0 Å². The molecule has 5 heteroatoms. The highest BCUT2D eigenvalue weighted by Gasteiger charge is 2.19. The zero-order chi connectivity index (χ0) is 14.0. The van der Waals surface area contributed by atoms with Crippen molar-refractivity contribution in [2.24, 2.45) is 5.73 Å². The Morgan fingerprint density at radius 1 is 1.53 bits per heavy atom. The molecule has 1 heterocycles. The minimum atomic E-state index is -0.134. The summed E-state index contributed by atoms with van der Waals surface area (Å²) in [5.74, 6) is 0.554. The SMILES string of the molecule is COc1cccc2[nH]c(C)c(C(=O)NCC(C)N)c12. The number of hydrogen-bond acceptors (Lipinski definition) is 3. The fourth-order valence-corrected chi connectivity index (χ4v) is 2.14. The number of fused-ring (bicyclic) bond motifs is 1. The van der Waals surface area contributed by atoms with Crippen molar-refractivity contribution in [2.75, 3.05) is 13.7 Å². The maximum atomic E-state index is 12.3. The van der Waals surface area contributed by atoms with Crippen LogP contribution in [-0.2, 0) is 0 Å². The topological polar surface area (TPSA) is 80.1 Å². The summed E-state index contributed by atoms with van der Waals surface area (Å²) in [6.45, 7) is 4.17. The van der Waals surface area contributed by atoms with Gasteiger partial charge in [-0.3, -0.25) is 4.79 Å². The summed E-state index contributed by atoms with van der Waals surface area (Å²) in [5, 5.41) is 3.64. The van der Waals surface area contributed by atoms with Gasteiger partial charge in [0.1, 0.15) is 5.75 Å². The molecule has 19 heavy (non-hydrogen) atoms. The second kappa shape index (κ2) is 5.32. The predicted octanol–water partition coefficient (Wildman–Crippen LogP) is 1.56. The van der Waals surface area contributed by atoms with E-state index in [0.29, 0.717) is 17.9 Å². The fraction of sp³-hybridized carbons (Fsp3) is 0.357. The van der Waals surface area contributed by atoms with Crippen molar-refractivity contribution >= 4 is 16.8 Å². The highest BCUT2D eigenvalue weighted by atomic mass is 16.5. The molecule has 2 aromatic rings. The van der Waals surface area contributed by atoms with Crippen molar-refractivity contribution in [3.63, 3.8) is 0 Å². The minimum absolute atomic E-state index is 0.0728. The van der Waals surface area contributed by atoms with Crippen molar-refractivity contribution in [3.05, 3.63) is 29.5 Å². The fourth-order valence-electron chi connectivity index (χ4n) is 2.14. The summed E-state index contributed by atoms with van der Waals surface area (Å²) < 4.78 is 5.33. The molecule has 1 aromatic heterocycles. The number of nitrogens with two attached hydrogens (primary N) is 1. The third-order valence-electron chi connectivity index (χ3n) is 3.00. The molecule has 1 amide bonds. The van der Waals surface area contributed by atoms with Gasteiger partial charge in [-0.05, 0) is 26.0 Å². The molecular weight excluding hydrogens is 242 g/mol. The number of aryl methyl sites for hydroxylation is 1. The van der Waals surface area contributed by atoms with Crippen LogP contribution in [0.5, 0.6) is 5.75 Å². The highest BCUT2D eigenvalue weighted by Crippen LogP contribution is 2.30. The highest BCUT2D eigenvalue weighted by molar-refractivity contribution is 6.10. The lowest BCUT2D eigenvalue weighted by Gasteiger charge is -2.09. The number of amides is 1. The number of H-pyrrole nitrogens is 1. The van der Waals surface area contributed by atoms with Gasteiger partial charge in [0.05, 0.1) is 23.6 Å². The summed E-state index contributed by atoms with van der Waals surface area (Å²) in [4.78, 5) is 15.5. The summed E-state index contributed by atoms with van der Waals surface area (Å²) in [7, 11) is 1.60. The number of carbonyl (C=O) groups is 1. The van der Waals surface area contributed by atoms with Gasteiger partial charge in [0, 0.05) is 18.3 Å². The van der Waals surface area contributed by atoms with Crippen molar-refractivity contribution < 1.29 is 9.53 Å². The first-order valence-electron chi connectivity index (χ1n) is 6.23. The number of carbonyl (C=O) groups excluding carboxylic acids is 1. The average Bonchev–Trinajstić information content (AvgIpc) is 2.71. The van der Waals surface area contributed by atoms with Crippen LogP contribution in [0.15, 0.2) is 18.2 Å². The Morgan fingerprint density at radius 3 is 2.89 bits per heavy atom. The lowest BCUT2D eigenvalue weighted by atomic mass is 10.1. The summed E-state index contributed by atoms with van der Waals surface area (Å²) in [5.41, 5.74) is 7.98. The molecule has 0 aliphatic heterocycles. The Balaban J connectivity index is 2.47. The Bertz CT molecular complexity index is 602. The number of aromatic amines is 1. The number of nitrogens with one attached hydrogen (secondary N) is 2. The molecule has 0 aliphatic rings. The number of hydrogen-bond donors (Lipinski definition) is 3. The molecule has 0 aliphatic carbocycles. The van der Waals surface area contributed by atoms with Crippen LogP contribution in [0.4, 0.5) is 0 Å². The minimum Gasteiger partial charge on any atom is -0.496 e. The summed E-state index contributed by atoms with van der Waals surface area (Å²) in [6, 6.07) is 5.59. The number of methoxy groups -OCH3 is 1. The van der Waals surface area contributed by atoms with Gasteiger partial charge < -0.3 is 20.8 Å². The number of ether oxygens (including phenoxy) is 1. The van der Waals surface area contributed by atoms with E-state index in [0.717, 1.165) is 16.6 Å². The quantitative estimate of drug-likeness (QED) is 0.781. The molecule has 0 saturated carbocycles. The van der Waals surface area contributed by atoms with E-state index in [4.69, 9.17) is 10.5 Å². The first-order valence-corrected chi connectivity index (χ1v) is 6.23. The van der Waals surface area contributed by atoms with E-state index in [2.05, 4.69) is 10.3 Å². The van der Waals surface area contributed by atoms with E-state index < -0.39 is 0 Å². The van der Waals surface area contributed by atoms with Gasteiger partial charge in [-0.25, -0.2) is 0 Å². The van der Waals surface area contributed by atoms with E-state index in [1.165, 1.54) is 0 Å². The third-order valence-corrected chi connectivity index (χ3v) is 3.00. The molecule has 0 spiro atoms. The lowest BCUT2D eigenvalue weighted by molar-refractivity contribution is 0.0952. The van der Waals surface area contributed by atoms with E-state index in [-0.39, 0.29) is 11.9 Å². The van der Waals surface area contributed by atoms with E-state index in [9.17, 15) is 4.79 Å². The molecule has 2 rings (SSSR count). The second-order valence-electron chi connectivity index (χ2n) is 4.70. The second-order valence-corrected chi connectivity index (χ2v) is 4.70. The van der Waals surface area contributed by atoms with E-state index in [1.54, 1.807) is 7.11 Å². The standard InChI is InChI=1S/C14H19N3O2/c1-8(15)7-16-14(18)12-9(2)17-10-5-4-6-11(19-3)13(10)12/h4-6,8,17H,7,15H2,1-3H3,(H,16,18). The average molecular weight is 261 g/mol. The zero-order valence-corrected chi connectivity index (χ0v) is 11.4. The third kappa shape index (κ3) is 2.56. The van der Waals surface area contributed by atoms with Crippen molar-refractivity contribution in [1.82, 2.24) is 10.3 Å². The maximum Gasteiger partial charge on any atom is 0.253 e. The van der Waals surface area contributed by atoms with Crippen LogP contribution in [0.1, 0.15) is 23.0 Å². The van der Waals surface area contributed by atoms with Crippen LogP contribution < -0.4 is 15.8 Å². The first kappa shape index (κ1) is 13.4. The van der Waals surface area contributed by atoms with Gasteiger partial charge in [0.25, 0.3) is 5.91 Å². The monoisotopic (exact) mass is 261 g/mol. The van der Waals surface area contributed by atoms with Gasteiger partial charge in [0.15, 0.2) is 0 Å².